The van der Waals surface area contributed by atoms with Crippen molar-refractivity contribution in [2.75, 3.05) is 5.73 Å². The van der Waals surface area contributed by atoms with E-state index >= 15 is 0 Å². The summed E-state index contributed by atoms with van der Waals surface area (Å²) < 4.78 is 5.05. The maximum absolute atomic E-state index is 11.1. The maximum Gasteiger partial charge on any atom is 0.359 e. The molecule has 3 nitrogen and oxygen atoms in total. The molecule has 3 heteroatoms. The van der Waals surface area contributed by atoms with Crippen molar-refractivity contribution in [3.8, 4) is 0 Å². The fourth-order valence-corrected chi connectivity index (χ4v) is 1.52. The largest absolute Gasteiger partial charge is 0.421 e. The predicted octanol–water partition coefficient (Wildman–Crippen LogP) is 1.94. The molecule has 1 aromatic carbocycles. The number of benzene rings is 1. The summed E-state index contributed by atoms with van der Waals surface area (Å²) in [5.74, 6) is 0. The highest BCUT2D eigenvalue weighted by molar-refractivity contribution is 5.82. The Morgan fingerprint density at radius 1 is 1.43 bits per heavy atom. The molecule has 0 amide bonds. The van der Waals surface area contributed by atoms with Gasteiger partial charge in [-0.1, -0.05) is 19.1 Å². The zero-order valence-electron chi connectivity index (χ0n) is 7.91. The molecule has 0 saturated heterocycles. The summed E-state index contributed by atoms with van der Waals surface area (Å²) in [6.07, 6.45) is 0.893. The Kier molecular flexibility index (Phi) is 2.00. The van der Waals surface area contributed by atoms with Crippen molar-refractivity contribution in [2.45, 2.75) is 13.3 Å². The molecule has 2 aromatic rings. The van der Waals surface area contributed by atoms with E-state index in [1.54, 1.807) is 12.1 Å². The van der Waals surface area contributed by atoms with Gasteiger partial charge in [-0.25, -0.2) is 4.79 Å². The molecule has 2 rings (SSSR count). The number of aryl methyl sites for hydroxylation is 1. The van der Waals surface area contributed by atoms with Gasteiger partial charge in [0.15, 0.2) is 0 Å². The number of nitrogens with two attached hydrogens (primary N) is 1. The molecule has 0 radical (unpaired) electrons. The first kappa shape index (κ1) is 8.81. The van der Waals surface area contributed by atoms with Crippen molar-refractivity contribution in [3.05, 3.63) is 40.2 Å². The lowest BCUT2D eigenvalue weighted by atomic mass is 10.1. The van der Waals surface area contributed by atoms with Gasteiger partial charge in [0.2, 0.25) is 0 Å². The van der Waals surface area contributed by atoms with E-state index in [0.717, 1.165) is 17.4 Å². The Bertz CT molecular complexity index is 528. The third kappa shape index (κ3) is 1.27. The summed E-state index contributed by atoms with van der Waals surface area (Å²) in [5.41, 5.74) is 6.94. The van der Waals surface area contributed by atoms with Crippen molar-refractivity contribution in [2.24, 2.45) is 0 Å². The van der Waals surface area contributed by atoms with Gasteiger partial charge in [-0.15, -0.1) is 0 Å². The molecule has 0 saturated carbocycles. The monoisotopic (exact) mass is 189 g/mol. The van der Waals surface area contributed by atoms with Crippen LogP contribution in [0.3, 0.4) is 0 Å². The van der Waals surface area contributed by atoms with Gasteiger partial charge in [0, 0.05) is 5.39 Å². The van der Waals surface area contributed by atoms with Crippen molar-refractivity contribution in [1.29, 1.82) is 0 Å². The van der Waals surface area contributed by atoms with E-state index in [-0.39, 0.29) is 5.69 Å². The van der Waals surface area contributed by atoms with Crippen molar-refractivity contribution in [3.63, 3.8) is 0 Å². The standard InChI is InChI=1S/C11H11NO2/c1-2-7-4-3-5-10-8(7)6-9(12)11(13)14-10/h3-6H,2,12H2,1H3. The number of rotatable bonds is 1. The lowest BCUT2D eigenvalue weighted by molar-refractivity contribution is 0.564. The van der Waals surface area contributed by atoms with Gasteiger partial charge < -0.3 is 10.2 Å². The van der Waals surface area contributed by atoms with E-state index in [4.69, 9.17) is 10.2 Å². The molecule has 0 fully saturated rings. The highest BCUT2D eigenvalue weighted by Crippen LogP contribution is 2.19. The molecule has 1 heterocycles. The fourth-order valence-electron chi connectivity index (χ4n) is 1.52. The molecule has 0 aliphatic rings. The van der Waals surface area contributed by atoms with Gasteiger partial charge in [-0.05, 0) is 24.1 Å². The number of hydrogen-bond donors (Lipinski definition) is 1. The highest BCUT2D eigenvalue weighted by atomic mass is 16.4. The van der Waals surface area contributed by atoms with Gasteiger partial charge in [0.05, 0.1) is 0 Å². The van der Waals surface area contributed by atoms with E-state index in [9.17, 15) is 4.79 Å². The van der Waals surface area contributed by atoms with Crippen molar-refractivity contribution < 1.29 is 4.42 Å². The third-order valence-corrected chi connectivity index (χ3v) is 2.28. The summed E-state index contributed by atoms with van der Waals surface area (Å²) in [6.45, 7) is 2.05. The molecular formula is C11H11NO2. The van der Waals surface area contributed by atoms with Gasteiger partial charge in [-0.3, -0.25) is 0 Å². The molecule has 2 N–H and O–H groups in total. The van der Waals surface area contributed by atoms with Crippen LogP contribution in [0, 0.1) is 0 Å². The van der Waals surface area contributed by atoms with Crippen LogP contribution in [-0.2, 0) is 6.42 Å². The van der Waals surface area contributed by atoms with Gasteiger partial charge in [-0.2, -0.15) is 0 Å². The number of fused-ring (bicyclic) bond motifs is 1. The predicted molar refractivity (Wildman–Crippen MR) is 56.3 cm³/mol. The van der Waals surface area contributed by atoms with E-state index in [1.807, 2.05) is 12.1 Å². The average molecular weight is 189 g/mol. The Morgan fingerprint density at radius 2 is 2.21 bits per heavy atom. The lowest BCUT2D eigenvalue weighted by Gasteiger charge is -2.02. The Labute approximate surface area is 81.1 Å². The second-order valence-corrected chi connectivity index (χ2v) is 3.17. The normalized spacial score (nSPS) is 10.6. The molecule has 0 atom stereocenters. The van der Waals surface area contributed by atoms with Gasteiger partial charge in [0.25, 0.3) is 0 Å². The van der Waals surface area contributed by atoms with Gasteiger partial charge in [0.1, 0.15) is 11.3 Å². The summed E-state index contributed by atoms with van der Waals surface area (Å²) in [4.78, 5) is 11.1. The molecule has 1 aromatic heterocycles. The van der Waals surface area contributed by atoms with E-state index < -0.39 is 5.63 Å². The molecule has 0 aliphatic heterocycles. The van der Waals surface area contributed by atoms with Crippen LogP contribution >= 0.6 is 0 Å². The van der Waals surface area contributed by atoms with Crippen LogP contribution in [0.1, 0.15) is 12.5 Å². The molecule has 14 heavy (non-hydrogen) atoms. The zero-order valence-corrected chi connectivity index (χ0v) is 7.91. The summed E-state index contributed by atoms with van der Waals surface area (Å²) in [5, 5.41) is 0.923. The maximum atomic E-state index is 11.1. The van der Waals surface area contributed by atoms with Crippen LogP contribution in [0.5, 0.6) is 0 Å². The molecule has 72 valence electrons. The lowest BCUT2D eigenvalue weighted by Crippen LogP contribution is -2.06. The molecule has 0 bridgehead atoms. The minimum atomic E-state index is -0.467. The fraction of sp³-hybridized carbons (Fsp3) is 0.182. The molecule has 0 spiro atoms. The quantitative estimate of drug-likeness (QED) is 0.697. The van der Waals surface area contributed by atoms with Crippen LogP contribution in [0.25, 0.3) is 11.0 Å². The first-order chi connectivity index (χ1) is 6.72. The zero-order chi connectivity index (χ0) is 10.1. The second-order valence-electron chi connectivity index (χ2n) is 3.17. The minimum absolute atomic E-state index is 0.165. The van der Waals surface area contributed by atoms with E-state index in [2.05, 4.69) is 6.92 Å². The number of nitrogen functional groups attached to an aromatic ring is 1. The van der Waals surface area contributed by atoms with Crippen molar-refractivity contribution in [1.82, 2.24) is 0 Å². The third-order valence-electron chi connectivity index (χ3n) is 2.28. The SMILES string of the molecule is CCc1cccc2oc(=O)c(N)cc12. The smallest absolute Gasteiger partial charge is 0.359 e. The summed E-state index contributed by atoms with van der Waals surface area (Å²) in [7, 11) is 0. The van der Waals surface area contributed by atoms with Crippen LogP contribution in [0.2, 0.25) is 0 Å². The van der Waals surface area contributed by atoms with E-state index in [1.165, 1.54) is 0 Å². The first-order valence-corrected chi connectivity index (χ1v) is 4.53. The molecule has 0 aliphatic carbocycles. The van der Waals surface area contributed by atoms with E-state index in [0.29, 0.717) is 5.58 Å². The van der Waals surface area contributed by atoms with Crippen molar-refractivity contribution >= 4 is 16.7 Å². The minimum Gasteiger partial charge on any atom is -0.421 e. The molecule has 0 unspecified atom stereocenters. The second kappa shape index (κ2) is 3.18. The van der Waals surface area contributed by atoms with Crippen LogP contribution in [0.4, 0.5) is 5.69 Å². The summed E-state index contributed by atoms with van der Waals surface area (Å²) in [6, 6.07) is 7.33. The Balaban J connectivity index is 2.88. The number of anilines is 1. The van der Waals surface area contributed by atoms with Gasteiger partial charge >= 0.3 is 5.63 Å². The summed E-state index contributed by atoms with van der Waals surface area (Å²) >= 11 is 0. The Morgan fingerprint density at radius 3 is 2.93 bits per heavy atom. The topological polar surface area (TPSA) is 56.2 Å². The Hall–Kier alpha value is -1.77. The van der Waals surface area contributed by atoms with Crippen LogP contribution in [0.15, 0.2) is 33.5 Å². The average Bonchev–Trinajstić information content (AvgIpc) is 2.19. The highest BCUT2D eigenvalue weighted by Gasteiger charge is 2.04. The number of hydrogen-bond acceptors (Lipinski definition) is 3. The van der Waals surface area contributed by atoms with Crippen LogP contribution < -0.4 is 11.4 Å². The molecular weight excluding hydrogens is 178 g/mol. The van der Waals surface area contributed by atoms with Crippen LogP contribution in [-0.4, -0.2) is 0 Å². The first-order valence-electron chi connectivity index (χ1n) is 4.53.